The van der Waals surface area contributed by atoms with E-state index in [1.54, 1.807) is 0 Å². The molecule has 11 aromatic heterocycles. The number of imidazole rings is 6. The SMILES string of the molecule is CCc1nc2c3c(-c4ccc(-c5ccc6nc(-c7ccccc7)cn6c5)cc4)nc4ccccc4c3ccc2n1-c1ccccc1.CCc1nc2c3c(-c4ccc(-c5ccn6cc(-c7ccccc7)nc6c5)cc4)nc4ccccc4c3ccc2n1-c1ccccc1.CCc1nc2c3c(-c4ccc(-c5nc6ccccc6n5CC)cc4)nc4ccccc4c3ccc2n1-c1ccccc1. The van der Waals surface area contributed by atoms with Crippen LogP contribution in [0.4, 0.5) is 0 Å². The average Bonchev–Trinajstić information content (AvgIpc) is 1.57. The lowest BCUT2D eigenvalue weighted by Crippen LogP contribution is -1.99. The number of fused-ring (bicyclic) bond motifs is 18. The van der Waals surface area contributed by atoms with Crippen molar-refractivity contribution in [2.75, 3.05) is 0 Å². The minimum Gasteiger partial charge on any atom is -0.324 e. The van der Waals surface area contributed by atoms with Crippen LogP contribution in [0.25, 0.3) is 227 Å². The Labute approximate surface area is 772 Å². The number of para-hydroxylation sites is 8. The molecular weight excluding hydrogens is 1640 g/mol. The second-order valence-corrected chi connectivity index (χ2v) is 33.9. The molecule has 0 amide bonds. The van der Waals surface area contributed by atoms with Crippen molar-refractivity contribution >= 4 is 120 Å². The third-order valence-corrected chi connectivity index (χ3v) is 26.1. The third-order valence-electron chi connectivity index (χ3n) is 26.1. The molecule has 26 aromatic rings. The van der Waals surface area contributed by atoms with Gasteiger partial charge in [-0.15, -0.1) is 0 Å². The second-order valence-electron chi connectivity index (χ2n) is 33.9. The van der Waals surface area contributed by atoms with E-state index in [1.807, 2.05) is 42.5 Å². The fourth-order valence-corrected chi connectivity index (χ4v) is 19.7. The molecule has 0 atom stereocenters. The molecule has 134 heavy (non-hydrogen) atoms. The van der Waals surface area contributed by atoms with Gasteiger partial charge < -0.3 is 13.4 Å². The molecule has 15 heteroatoms. The van der Waals surface area contributed by atoms with Gasteiger partial charge in [-0.25, -0.2) is 44.9 Å². The summed E-state index contributed by atoms with van der Waals surface area (Å²) < 4.78 is 13.3. The molecule has 0 unspecified atom stereocenters. The molecule has 11 heterocycles. The smallest absolute Gasteiger partial charge is 0.141 e. The van der Waals surface area contributed by atoms with Crippen LogP contribution in [-0.4, -0.2) is 71.9 Å². The van der Waals surface area contributed by atoms with Crippen molar-refractivity contribution < 1.29 is 0 Å². The minimum absolute atomic E-state index is 0.823. The third kappa shape index (κ3) is 13.9. The summed E-state index contributed by atoms with van der Waals surface area (Å²) in [7, 11) is 0. The van der Waals surface area contributed by atoms with Crippen LogP contribution in [0.2, 0.25) is 0 Å². The van der Waals surface area contributed by atoms with E-state index in [9.17, 15) is 0 Å². The second kappa shape index (κ2) is 33.6. The Morgan fingerprint density at radius 2 is 0.575 bits per heavy atom. The summed E-state index contributed by atoms with van der Waals surface area (Å²) in [6.07, 6.45) is 10.9. The highest BCUT2D eigenvalue weighted by molar-refractivity contribution is 6.23. The normalized spacial score (nSPS) is 11.7. The zero-order valence-corrected chi connectivity index (χ0v) is 74.2. The fraction of sp³-hybridized carbons (Fsp3) is 0.0672. The monoisotopic (exact) mass is 1730 g/mol. The summed E-state index contributed by atoms with van der Waals surface area (Å²) in [4.78, 5) is 46.3. The topological polar surface area (TPSA) is 145 Å². The minimum atomic E-state index is 0.823. The van der Waals surface area contributed by atoms with Crippen molar-refractivity contribution in [2.45, 2.75) is 53.5 Å². The quantitative estimate of drug-likeness (QED) is 0.0916. The average molecular weight is 1730 g/mol. The van der Waals surface area contributed by atoms with Gasteiger partial charge in [0.1, 0.15) is 34.6 Å². The van der Waals surface area contributed by atoms with Crippen molar-refractivity contribution in [2.24, 2.45) is 0 Å². The first-order valence-electron chi connectivity index (χ1n) is 46.0. The van der Waals surface area contributed by atoms with Crippen LogP contribution < -0.4 is 0 Å². The van der Waals surface area contributed by atoms with Crippen LogP contribution in [0.15, 0.2) is 407 Å². The predicted molar refractivity (Wildman–Crippen MR) is 550 cm³/mol. The zero-order chi connectivity index (χ0) is 89.4. The van der Waals surface area contributed by atoms with Crippen LogP contribution in [-0.2, 0) is 25.8 Å². The molecule has 15 nitrogen and oxygen atoms in total. The standard InChI is InChI=1S/2C41H29N5.C37H29N5/c1-2-37-44-41-36(46(37)31-13-7-4-8-14-31)23-22-33-32-15-9-10-16-34(32)43-40(39(33)41)29-19-17-27(18-20-29)30-21-24-38-42-35(26-45(38)25-30)28-11-5-3-6-12-28;1-2-37-44-41-36(46(37)31-13-7-4-8-14-31)22-21-33-32-15-9-10-16-34(32)43-40(39(33)41)29-19-17-27(18-20-29)30-23-24-45-26-35(42-38(45)25-30)28-11-5-3-6-12-28;1-3-33-40-36-32(42(33)26-12-6-5-7-13-26)23-22-28-27-14-8-9-15-29(27)38-35(34(28)36)24-18-20-25(21-19-24)37-39-30-16-10-11-17-31(30)41(37)4-2/h2*3-26H,2H2,1H3;5-23H,3-4H2,1-2H3. The van der Waals surface area contributed by atoms with Gasteiger partial charge in [0.15, 0.2) is 0 Å². The summed E-state index contributed by atoms with van der Waals surface area (Å²) in [6, 6.07) is 134. The Kier molecular flexibility index (Phi) is 20.0. The molecular formula is C119H87N15. The maximum Gasteiger partial charge on any atom is 0.141 e. The van der Waals surface area contributed by atoms with Crippen LogP contribution in [0.3, 0.4) is 0 Å². The van der Waals surface area contributed by atoms with Crippen LogP contribution in [0.1, 0.15) is 45.2 Å². The lowest BCUT2D eigenvalue weighted by Gasteiger charge is -2.12. The van der Waals surface area contributed by atoms with Gasteiger partial charge in [0.05, 0.1) is 89.2 Å². The molecule has 0 aliphatic carbocycles. The van der Waals surface area contributed by atoms with Gasteiger partial charge >= 0.3 is 0 Å². The molecule has 0 aliphatic heterocycles. The maximum atomic E-state index is 5.27. The maximum absolute atomic E-state index is 5.27. The van der Waals surface area contributed by atoms with Crippen molar-refractivity contribution in [1.82, 2.24) is 71.9 Å². The largest absolute Gasteiger partial charge is 0.324 e. The molecule has 638 valence electrons. The van der Waals surface area contributed by atoms with Gasteiger partial charge in [-0.05, 0) is 155 Å². The van der Waals surface area contributed by atoms with Gasteiger partial charge in [0, 0.05) is 133 Å². The van der Waals surface area contributed by atoms with Crippen LogP contribution >= 0.6 is 0 Å². The number of nitrogens with zero attached hydrogens (tertiary/aromatic N) is 15. The van der Waals surface area contributed by atoms with Gasteiger partial charge in [-0.1, -0.05) is 294 Å². The fourth-order valence-electron chi connectivity index (χ4n) is 19.7. The highest BCUT2D eigenvalue weighted by Crippen LogP contribution is 2.45. The molecule has 0 aliphatic rings. The van der Waals surface area contributed by atoms with E-state index < -0.39 is 0 Å². The number of rotatable bonds is 15. The van der Waals surface area contributed by atoms with Crippen molar-refractivity contribution in [3.8, 4) is 107 Å². The molecule has 0 spiro atoms. The molecule has 0 saturated heterocycles. The lowest BCUT2D eigenvalue weighted by molar-refractivity contribution is 0.796. The Morgan fingerprint density at radius 1 is 0.224 bits per heavy atom. The van der Waals surface area contributed by atoms with Crippen LogP contribution in [0.5, 0.6) is 0 Å². The lowest BCUT2D eigenvalue weighted by atomic mass is 9.97. The molecule has 15 aromatic carbocycles. The van der Waals surface area contributed by atoms with E-state index in [0.29, 0.717) is 0 Å². The summed E-state index contributed by atoms with van der Waals surface area (Å²) in [5, 5.41) is 10.2. The first-order chi connectivity index (χ1) is 66.2. The van der Waals surface area contributed by atoms with Crippen molar-refractivity contribution in [3.63, 3.8) is 0 Å². The van der Waals surface area contributed by atoms with E-state index >= 15 is 0 Å². The molecule has 0 fully saturated rings. The number of aromatic nitrogens is 15. The van der Waals surface area contributed by atoms with E-state index in [4.69, 9.17) is 44.9 Å². The van der Waals surface area contributed by atoms with E-state index in [-0.39, 0.29) is 0 Å². The Balaban J connectivity index is 0.000000111. The van der Waals surface area contributed by atoms with E-state index in [2.05, 4.69) is 419 Å². The van der Waals surface area contributed by atoms with Crippen LogP contribution in [0, 0.1) is 0 Å². The Hall–Kier alpha value is -17.4. The van der Waals surface area contributed by atoms with Gasteiger partial charge in [-0.2, -0.15) is 0 Å². The summed E-state index contributed by atoms with van der Waals surface area (Å²) in [5.74, 6) is 4.09. The molecule has 26 rings (SSSR count). The Bertz CT molecular complexity index is 8650. The van der Waals surface area contributed by atoms with Gasteiger partial charge in [-0.3, -0.25) is 13.7 Å². The predicted octanol–water partition coefficient (Wildman–Crippen LogP) is 28.9. The van der Waals surface area contributed by atoms with Gasteiger partial charge in [0.25, 0.3) is 0 Å². The van der Waals surface area contributed by atoms with Crippen molar-refractivity contribution in [1.29, 1.82) is 0 Å². The number of pyridine rings is 5. The zero-order valence-electron chi connectivity index (χ0n) is 74.2. The number of hydrogen-bond donors (Lipinski definition) is 0. The summed E-state index contributed by atoms with van der Waals surface area (Å²) in [5.41, 5.74) is 32.3. The molecule has 0 radical (unpaired) electrons. The highest BCUT2D eigenvalue weighted by atomic mass is 15.1. The molecule has 0 N–H and O–H groups in total. The first-order valence-corrected chi connectivity index (χ1v) is 46.0. The van der Waals surface area contributed by atoms with Gasteiger partial charge in [0.2, 0.25) is 0 Å². The van der Waals surface area contributed by atoms with Crippen molar-refractivity contribution in [3.05, 3.63) is 424 Å². The highest BCUT2D eigenvalue weighted by Gasteiger charge is 2.26. The molecule has 0 saturated carbocycles. The first kappa shape index (κ1) is 79.9. The number of aryl methyl sites for hydroxylation is 4. The molecule has 0 bridgehead atoms. The number of benzene rings is 15. The van der Waals surface area contributed by atoms with E-state index in [1.165, 1.54) is 5.39 Å². The summed E-state index contributed by atoms with van der Waals surface area (Å²) in [6.45, 7) is 9.52. The Morgan fingerprint density at radius 3 is 0.993 bits per heavy atom. The summed E-state index contributed by atoms with van der Waals surface area (Å²) >= 11 is 0. The van der Waals surface area contributed by atoms with E-state index in [0.717, 1.165) is 265 Å². The number of hydrogen-bond acceptors (Lipinski definition) is 9.